The normalized spacial score (nSPS) is 17.5. The van der Waals surface area contributed by atoms with Crippen molar-refractivity contribution in [3.63, 3.8) is 0 Å². The van der Waals surface area contributed by atoms with Gasteiger partial charge in [0.05, 0.1) is 5.69 Å². The summed E-state index contributed by atoms with van der Waals surface area (Å²) >= 11 is 1.57. The van der Waals surface area contributed by atoms with Gasteiger partial charge in [-0.3, -0.25) is 4.79 Å². The second-order valence-electron chi connectivity index (χ2n) is 7.13. The van der Waals surface area contributed by atoms with E-state index in [1.807, 2.05) is 54.6 Å². The number of aryl methyl sites for hydroxylation is 1. The molecule has 0 radical (unpaired) electrons. The summed E-state index contributed by atoms with van der Waals surface area (Å²) in [5.41, 5.74) is 5.10. The quantitative estimate of drug-likeness (QED) is 0.605. The maximum absolute atomic E-state index is 13.3. The van der Waals surface area contributed by atoms with Gasteiger partial charge in [0.1, 0.15) is 5.84 Å². The summed E-state index contributed by atoms with van der Waals surface area (Å²) in [4.78, 5) is 24.6. The minimum absolute atomic E-state index is 0.0455. The summed E-state index contributed by atoms with van der Waals surface area (Å²) < 4.78 is 0. The molecule has 2 heterocycles. The molecule has 0 N–H and O–H groups in total. The molecule has 2 aliphatic rings. The van der Waals surface area contributed by atoms with Crippen molar-refractivity contribution in [3.05, 3.63) is 101 Å². The topological polar surface area (TPSA) is 45.0 Å². The zero-order valence-electron chi connectivity index (χ0n) is 15.9. The maximum atomic E-state index is 13.3. The number of thioether (sulfide) groups is 1. The Bertz CT molecular complexity index is 1140. The van der Waals surface area contributed by atoms with Gasteiger partial charge in [0.2, 0.25) is 0 Å². The van der Waals surface area contributed by atoms with Gasteiger partial charge < -0.3 is 0 Å². The first kappa shape index (κ1) is 17.9. The third kappa shape index (κ3) is 3.28. The molecule has 0 saturated heterocycles. The van der Waals surface area contributed by atoms with Crippen molar-refractivity contribution in [3.8, 4) is 0 Å². The van der Waals surface area contributed by atoms with Crippen LogP contribution in [0, 0.1) is 6.92 Å². The summed E-state index contributed by atoms with van der Waals surface area (Å²) in [5, 5.41) is 0.687. The number of benzene rings is 3. The molecule has 0 spiro atoms. The van der Waals surface area contributed by atoms with Gasteiger partial charge in [0, 0.05) is 11.3 Å². The number of fused-ring (bicyclic) bond motifs is 3. The predicted molar refractivity (Wildman–Crippen MR) is 119 cm³/mol. The van der Waals surface area contributed by atoms with Gasteiger partial charge in [-0.1, -0.05) is 84.1 Å². The first-order valence-electron chi connectivity index (χ1n) is 9.54. The smallest absolute Gasteiger partial charge is 0.263 e. The average molecular weight is 398 g/mol. The van der Waals surface area contributed by atoms with Gasteiger partial charge in [0.25, 0.3) is 5.91 Å². The Morgan fingerprint density at radius 2 is 1.66 bits per heavy atom. The van der Waals surface area contributed by atoms with Gasteiger partial charge in [-0.25, -0.2) is 14.9 Å². The molecule has 4 nitrogen and oxygen atoms in total. The highest BCUT2D eigenvalue weighted by Crippen LogP contribution is 2.38. The van der Waals surface area contributed by atoms with Crippen LogP contribution in [0.1, 0.15) is 28.3 Å². The first-order chi connectivity index (χ1) is 14.2. The number of amides is 1. The lowest BCUT2D eigenvalue weighted by Gasteiger charge is -2.25. The van der Waals surface area contributed by atoms with Gasteiger partial charge >= 0.3 is 0 Å². The summed E-state index contributed by atoms with van der Waals surface area (Å²) in [5.74, 6) is 1.39. The lowest BCUT2D eigenvalue weighted by atomic mass is 10.1. The predicted octanol–water partition coefficient (Wildman–Crippen LogP) is 5.26. The SMILES string of the molecule is Cc1ccc(CSC2=Nc3ccccc3C3=N[C@H](c4ccccc4)C(=O)N23)cc1. The molecule has 1 amide bonds. The molecule has 1 atom stereocenters. The van der Waals surface area contributed by atoms with Crippen LogP contribution in [0.2, 0.25) is 0 Å². The summed E-state index contributed by atoms with van der Waals surface area (Å²) in [6.07, 6.45) is 0. The van der Waals surface area contributed by atoms with Crippen molar-refractivity contribution >= 4 is 34.4 Å². The number of para-hydroxylation sites is 1. The van der Waals surface area contributed by atoms with Crippen LogP contribution in [0.4, 0.5) is 5.69 Å². The Morgan fingerprint density at radius 1 is 0.931 bits per heavy atom. The Labute approximate surface area is 174 Å². The highest BCUT2D eigenvalue weighted by Gasteiger charge is 2.41. The average Bonchev–Trinajstić information content (AvgIpc) is 3.11. The summed E-state index contributed by atoms with van der Waals surface area (Å²) in [7, 11) is 0. The Balaban J connectivity index is 1.51. The number of aliphatic imine (C=N–C) groups is 2. The summed E-state index contributed by atoms with van der Waals surface area (Å²) in [6.45, 7) is 2.08. The molecule has 3 aromatic carbocycles. The molecule has 29 heavy (non-hydrogen) atoms. The lowest BCUT2D eigenvalue weighted by Crippen LogP contribution is -2.39. The fourth-order valence-electron chi connectivity index (χ4n) is 3.53. The molecule has 0 aliphatic carbocycles. The standard InChI is InChI=1S/C24H19N3OS/c1-16-11-13-17(14-12-16)15-29-24-25-20-10-6-5-9-19(20)22-26-21(23(28)27(22)24)18-7-3-2-4-8-18/h2-14,21H,15H2,1H3/t21-/m1/s1. The zero-order valence-corrected chi connectivity index (χ0v) is 16.8. The fraction of sp³-hybridized carbons (Fsp3) is 0.125. The van der Waals surface area contributed by atoms with E-state index in [1.165, 1.54) is 11.1 Å². The zero-order chi connectivity index (χ0) is 19.8. The first-order valence-corrected chi connectivity index (χ1v) is 10.5. The van der Waals surface area contributed by atoms with E-state index < -0.39 is 6.04 Å². The van der Waals surface area contributed by atoms with Gasteiger partial charge in [0.15, 0.2) is 11.2 Å². The molecular weight excluding hydrogens is 378 g/mol. The molecule has 2 aliphatic heterocycles. The number of amidine groups is 2. The van der Waals surface area contributed by atoms with E-state index in [0.29, 0.717) is 11.0 Å². The minimum Gasteiger partial charge on any atom is -0.271 e. The Kier molecular flexibility index (Phi) is 4.52. The van der Waals surface area contributed by atoms with Crippen molar-refractivity contribution in [2.24, 2.45) is 9.98 Å². The Hall–Kier alpha value is -3.18. The van der Waals surface area contributed by atoms with Crippen LogP contribution >= 0.6 is 11.8 Å². The van der Waals surface area contributed by atoms with Crippen molar-refractivity contribution in [1.82, 2.24) is 4.90 Å². The number of carbonyl (C=O) groups excluding carboxylic acids is 1. The third-order valence-corrected chi connectivity index (χ3v) is 6.08. The van der Waals surface area contributed by atoms with Gasteiger partial charge in [-0.05, 0) is 30.2 Å². The Morgan fingerprint density at radius 3 is 2.45 bits per heavy atom. The highest BCUT2D eigenvalue weighted by atomic mass is 32.2. The van der Waals surface area contributed by atoms with E-state index in [0.717, 1.165) is 22.6 Å². The van der Waals surface area contributed by atoms with Crippen LogP contribution in [0.3, 0.4) is 0 Å². The van der Waals surface area contributed by atoms with E-state index in [-0.39, 0.29) is 5.91 Å². The van der Waals surface area contributed by atoms with E-state index in [2.05, 4.69) is 31.2 Å². The number of hydrogen-bond acceptors (Lipinski definition) is 4. The van der Waals surface area contributed by atoms with Gasteiger partial charge in [-0.2, -0.15) is 0 Å². The number of carbonyl (C=O) groups is 1. The van der Waals surface area contributed by atoms with Crippen molar-refractivity contribution in [2.45, 2.75) is 18.7 Å². The van der Waals surface area contributed by atoms with Crippen LogP contribution in [-0.2, 0) is 10.5 Å². The number of rotatable bonds is 3. The van der Waals surface area contributed by atoms with Crippen LogP contribution < -0.4 is 0 Å². The van der Waals surface area contributed by atoms with E-state index in [1.54, 1.807) is 16.7 Å². The molecule has 5 heteroatoms. The second-order valence-corrected chi connectivity index (χ2v) is 8.07. The lowest BCUT2D eigenvalue weighted by molar-refractivity contribution is -0.124. The van der Waals surface area contributed by atoms with Gasteiger partial charge in [-0.15, -0.1) is 0 Å². The molecular formula is C24H19N3OS. The van der Waals surface area contributed by atoms with Crippen LogP contribution in [-0.4, -0.2) is 21.8 Å². The van der Waals surface area contributed by atoms with Crippen LogP contribution in [0.25, 0.3) is 0 Å². The molecule has 142 valence electrons. The number of hydrogen-bond donors (Lipinski definition) is 0. The van der Waals surface area contributed by atoms with E-state index in [4.69, 9.17) is 9.98 Å². The molecule has 0 bridgehead atoms. The fourth-order valence-corrected chi connectivity index (χ4v) is 4.49. The minimum atomic E-state index is -0.525. The van der Waals surface area contributed by atoms with Crippen LogP contribution in [0.15, 0.2) is 88.8 Å². The van der Waals surface area contributed by atoms with Crippen molar-refractivity contribution < 1.29 is 4.79 Å². The van der Waals surface area contributed by atoms with E-state index in [9.17, 15) is 4.79 Å². The molecule has 3 aromatic rings. The molecule has 0 fully saturated rings. The molecule has 5 rings (SSSR count). The maximum Gasteiger partial charge on any atom is 0.263 e. The van der Waals surface area contributed by atoms with Crippen molar-refractivity contribution in [1.29, 1.82) is 0 Å². The van der Waals surface area contributed by atoms with Crippen molar-refractivity contribution in [2.75, 3.05) is 0 Å². The largest absolute Gasteiger partial charge is 0.271 e. The highest BCUT2D eigenvalue weighted by molar-refractivity contribution is 8.13. The molecule has 0 aromatic heterocycles. The van der Waals surface area contributed by atoms with Crippen LogP contribution in [0.5, 0.6) is 0 Å². The number of nitrogens with zero attached hydrogens (tertiary/aromatic N) is 3. The molecule has 0 saturated carbocycles. The second kappa shape index (κ2) is 7.33. The third-order valence-electron chi connectivity index (χ3n) is 5.07. The summed E-state index contributed by atoms with van der Waals surface area (Å²) in [6, 6.07) is 25.5. The monoisotopic (exact) mass is 397 g/mol. The molecule has 0 unspecified atom stereocenters. The van der Waals surface area contributed by atoms with E-state index >= 15 is 0 Å².